The molecule has 4 nitrogen and oxygen atoms in total. The van der Waals surface area contributed by atoms with Gasteiger partial charge in [-0.3, -0.25) is 14.4 Å². The summed E-state index contributed by atoms with van der Waals surface area (Å²) in [5.41, 5.74) is -1.04. The predicted octanol–water partition coefficient (Wildman–Crippen LogP) is 1.12. The van der Waals surface area contributed by atoms with Gasteiger partial charge >= 0.3 is 5.97 Å². The highest BCUT2D eigenvalue weighted by Gasteiger charge is 2.41. The largest absolute Gasteiger partial charge is 0.480 e. The summed E-state index contributed by atoms with van der Waals surface area (Å²) < 4.78 is 0. The minimum absolute atomic E-state index is 0.0447. The highest BCUT2D eigenvalue weighted by atomic mass is 16.4. The van der Waals surface area contributed by atoms with Crippen LogP contribution in [0.2, 0.25) is 0 Å². The van der Waals surface area contributed by atoms with Gasteiger partial charge in [-0.05, 0) is 20.3 Å². The predicted molar refractivity (Wildman–Crippen MR) is 53.3 cm³/mol. The molecule has 1 aliphatic carbocycles. The number of aliphatic carboxylic acids is 1. The van der Waals surface area contributed by atoms with Gasteiger partial charge in [0, 0.05) is 5.57 Å². The van der Waals surface area contributed by atoms with Crippen molar-refractivity contribution in [2.45, 2.75) is 20.3 Å². The Morgan fingerprint density at radius 2 is 1.93 bits per heavy atom. The minimum Gasteiger partial charge on any atom is -0.480 e. The first kappa shape index (κ1) is 11.4. The number of carbonyl (C=O) groups is 3. The molecular formula is C11H12O4. The molecule has 15 heavy (non-hydrogen) atoms. The number of carboxylic acids is 1. The van der Waals surface area contributed by atoms with Crippen LogP contribution in [0, 0.1) is 5.41 Å². The maximum absolute atomic E-state index is 11.3. The smallest absolute Gasteiger partial charge is 0.321 e. The molecule has 0 aromatic rings. The van der Waals surface area contributed by atoms with E-state index in [0.717, 1.165) is 0 Å². The third-order valence-corrected chi connectivity index (χ3v) is 2.61. The lowest BCUT2D eigenvalue weighted by Gasteiger charge is -2.24. The van der Waals surface area contributed by atoms with Crippen molar-refractivity contribution in [3.63, 3.8) is 0 Å². The van der Waals surface area contributed by atoms with Crippen molar-refractivity contribution < 1.29 is 19.5 Å². The molecule has 0 saturated heterocycles. The van der Waals surface area contributed by atoms with Gasteiger partial charge in [0.15, 0.2) is 11.6 Å². The minimum atomic E-state index is -1.49. The Labute approximate surface area is 87.3 Å². The van der Waals surface area contributed by atoms with E-state index in [-0.39, 0.29) is 12.2 Å². The Bertz CT molecular complexity index is 373. The number of rotatable bonds is 3. The van der Waals surface area contributed by atoms with Crippen LogP contribution in [0.4, 0.5) is 0 Å². The number of carbonyl (C=O) groups excluding carboxylic acids is 2. The fraction of sp³-hybridized carbons (Fsp3) is 0.364. The molecule has 0 aliphatic heterocycles. The van der Waals surface area contributed by atoms with E-state index in [9.17, 15) is 14.4 Å². The number of hydrogen-bond acceptors (Lipinski definition) is 3. The van der Waals surface area contributed by atoms with Crippen LogP contribution in [0.15, 0.2) is 23.8 Å². The van der Waals surface area contributed by atoms with Crippen LogP contribution >= 0.6 is 0 Å². The van der Waals surface area contributed by atoms with Gasteiger partial charge in [-0.1, -0.05) is 18.2 Å². The zero-order chi connectivity index (χ0) is 11.6. The molecule has 0 heterocycles. The van der Waals surface area contributed by atoms with Crippen molar-refractivity contribution >= 4 is 17.5 Å². The lowest BCUT2D eigenvalue weighted by Crippen LogP contribution is -2.36. The van der Waals surface area contributed by atoms with E-state index >= 15 is 0 Å². The topological polar surface area (TPSA) is 71.4 Å². The van der Waals surface area contributed by atoms with Gasteiger partial charge in [-0.15, -0.1) is 0 Å². The SMILES string of the molecule is CC(=O)C1=CCC(C(C)=O)(C(=O)O)C=C1. The Morgan fingerprint density at radius 1 is 1.33 bits per heavy atom. The van der Waals surface area contributed by atoms with Gasteiger partial charge < -0.3 is 5.11 Å². The van der Waals surface area contributed by atoms with Crippen molar-refractivity contribution in [2.24, 2.45) is 5.41 Å². The maximum atomic E-state index is 11.3. The van der Waals surface area contributed by atoms with Crippen molar-refractivity contribution in [3.05, 3.63) is 23.8 Å². The number of ketones is 2. The second-order valence-corrected chi connectivity index (χ2v) is 3.59. The summed E-state index contributed by atoms with van der Waals surface area (Å²) in [6.45, 7) is 2.64. The van der Waals surface area contributed by atoms with Crippen LogP contribution in [-0.2, 0) is 14.4 Å². The molecule has 4 heteroatoms. The van der Waals surface area contributed by atoms with Crippen molar-refractivity contribution in [1.29, 1.82) is 0 Å². The molecule has 0 fully saturated rings. The summed E-state index contributed by atoms with van der Waals surface area (Å²) >= 11 is 0. The van der Waals surface area contributed by atoms with Crippen molar-refractivity contribution in [3.8, 4) is 0 Å². The normalized spacial score (nSPS) is 24.5. The van der Waals surface area contributed by atoms with Crippen LogP contribution in [-0.4, -0.2) is 22.6 Å². The quantitative estimate of drug-likeness (QED) is 0.705. The Balaban J connectivity index is 3.05. The molecule has 1 unspecified atom stereocenters. The Kier molecular flexibility index (Phi) is 2.88. The fourth-order valence-corrected chi connectivity index (χ4v) is 1.47. The molecule has 0 aromatic heterocycles. The molecule has 1 atom stereocenters. The molecular weight excluding hydrogens is 196 g/mol. The summed E-state index contributed by atoms with van der Waals surface area (Å²) in [4.78, 5) is 33.3. The number of Topliss-reactive ketones (excluding diaryl/α,β-unsaturated/α-hetero) is 2. The molecule has 0 radical (unpaired) electrons. The first-order chi connectivity index (χ1) is 6.90. The second-order valence-electron chi connectivity index (χ2n) is 3.59. The number of hydrogen-bond donors (Lipinski definition) is 1. The molecule has 1 rings (SSSR count). The summed E-state index contributed by atoms with van der Waals surface area (Å²) in [6.07, 6.45) is 4.25. The number of carboxylic acid groups (broad SMARTS) is 1. The van der Waals surface area contributed by atoms with Gasteiger partial charge in [0.25, 0.3) is 0 Å². The fourth-order valence-electron chi connectivity index (χ4n) is 1.47. The molecule has 1 N–H and O–H groups in total. The third kappa shape index (κ3) is 1.88. The standard InChI is InChI=1S/C11H12O4/c1-7(12)9-3-5-11(6-4-9,8(2)13)10(14)15/h3-5H,6H2,1-2H3,(H,14,15). The summed E-state index contributed by atoms with van der Waals surface area (Å²) in [7, 11) is 0. The molecule has 0 amide bonds. The molecule has 80 valence electrons. The van der Waals surface area contributed by atoms with Gasteiger partial charge in [0.05, 0.1) is 0 Å². The van der Waals surface area contributed by atoms with Crippen LogP contribution < -0.4 is 0 Å². The molecule has 0 aromatic carbocycles. The summed E-state index contributed by atoms with van der Waals surface area (Å²) in [6, 6.07) is 0. The van der Waals surface area contributed by atoms with Gasteiger partial charge in [0.2, 0.25) is 0 Å². The van der Waals surface area contributed by atoms with E-state index < -0.39 is 17.2 Å². The highest BCUT2D eigenvalue weighted by Crippen LogP contribution is 2.31. The van der Waals surface area contributed by atoms with E-state index in [2.05, 4.69) is 0 Å². The zero-order valence-electron chi connectivity index (χ0n) is 8.61. The molecule has 1 aliphatic rings. The van der Waals surface area contributed by atoms with Crippen molar-refractivity contribution in [2.75, 3.05) is 0 Å². The average Bonchev–Trinajstić information content (AvgIpc) is 2.17. The maximum Gasteiger partial charge on any atom is 0.321 e. The van der Waals surface area contributed by atoms with Crippen LogP contribution in [0.1, 0.15) is 20.3 Å². The van der Waals surface area contributed by atoms with Gasteiger partial charge in [0.1, 0.15) is 5.41 Å². The Hall–Kier alpha value is -1.71. The zero-order valence-corrected chi connectivity index (χ0v) is 8.61. The van der Waals surface area contributed by atoms with Gasteiger partial charge in [-0.25, -0.2) is 0 Å². The van der Waals surface area contributed by atoms with E-state index in [1.165, 1.54) is 32.1 Å². The molecule has 0 spiro atoms. The summed E-state index contributed by atoms with van der Waals surface area (Å²) in [5, 5.41) is 9.00. The monoisotopic (exact) mass is 208 g/mol. The first-order valence-corrected chi connectivity index (χ1v) is 4.55. The van der Waals surface area contributed by atoms with E-state index in [1.807, 2.05) is 0 Å². The van der Waals surface area contributed by atoms with Crippen molar-refractivity contribution in [1.82, 2.24) is 0 Å². The van der Waals surface area contributed by atoms with E-state index in [4.69, 9.17) is 5.11 Å². The lowest BCUT2D eigenvalue weighted by atomic mass is 9.76. The second kappa shape index (κ2) is 3.81. The Morgan fingerprint density at radius 3 is 2.20 bits per heavy atom. The summed E-state index contributed by atoms with van der Waals surface area (Å²) in [5.74, 6) is -1.73. The van der Waals surface area contributed by atoms with Crippen LogP contribution in [0.3, 0.4) is 0 Å². The first-order valence-electron chi connectivity index (χ1n) is 4.55. The highest BCUT2D eigenvalue weighted by molar-refractivity contribution is 6.06. The molecule has 0 bridgehead atoms. The molecule has 0 saturated carbocycles. The third-order valence-electron chi connectivity index (χ3n) is 2.61. The average molecular weight is 208 g/mol. The van der Waals surface area contributed by atoms with Crippen LogP contribution in [0.5, 0.6) is 0 Å². The number of allylic oxidation sites excluding steroid dienone is 3. The van der Waals surface area contributed by atoms with Crippen LogP contribution in [0.25, 0.3) is 0 Å². The van der Waals surface area contributed by atoms with E-state index in [0.29, 0.717) is 5.57 Å². The van der Waals surface area contributed by atoms with Gasteiger partial charge in [-0.2, -0.15) is 0 Å². The van der Waals surface area contributed by atoms with E-state index in [1.54, 1.807) is 0 Å². The lowest BCUT2D eigenvalue weighted by molar-refractivity contribution is -0.150.